The topological polar surface area (TPSA) is 109 Å². The minimum atomic E-state index is -1.09. The summed E-state index contributed by atoms with van der Waals surface area (Å²) in [5.74, 6) is -0.834. The summed E-state index contributed by atoms with van der Waals surface area (Å²) in [6.45, 7) is 1.69. The standard InChI is InChI=1S/C13H11NO6/c1-6-3-11(15)19-9-5-10(20-13(14)17)8(4-7(6)9)12(16)18-2/h3-5H,1-2H3,(H2,14,17). The predicted molar refractivity (Wildman–Crippen MR) is 68.8 cm³/mol. The summed E-state index contributed by atoms with van der Waals surface area (Å²) in [4.78, 5) is 33.9. The molecule has 0 unspecified atom stereocenters. The Kier molecular flexibility index (Phi) is 3.43. The lowest BCUT2D eigenvalue weighted by Crippen LogP contribution is -2.18. The molecular formula is C13H11NO6. The number of rotatable bonds is 2. The van der Waals surface area contributed by atoms with E-state index in [4.69, 9.17) is 14.9 Å². The summed E-state index contributed by atoms with van der Waals surface area (Å²) in [6.07, 6.45) is -1.09. The van der Waals surface area contributed by atoms with Crippen molar-refractivity contribution in [3.8, 4) is 5.75 Å². The van der Waals surface area contributed by atoms with Gasteiger partial charge in [0.25, 0.3) is 0 Å². The van der Waals surface area contributed by atoms with Gasteiger partial charge < -0.3 is 19.6 Å². The molecule has 0 fully saturated rings. The fourth-order valence-corrected chi connectivity index (χ4v) is 1.81. The van der Waals surface area contributed by atoms with Crippen LogP contribution in [0, 0.1) is 6.92 Å². The van der Waals surface area contributed by atoms with E-state index >= 15 is 0 Å². The third-order valence-electron chi connectivity index (χ3n) is 2.67. The first-order chi connectivity index (χ1) is 9.42. The van der Waals surface area contributed by atoms with Crippen LogP contribution >= 0.6 is 0 Å². The molecule has 0 aliphatic carbocycles. The SMILES string of the molecule is COC(=O)c1cc2c(C)cc(=O)oc2cc1OC(N)=O. The highest BCUT2D eigenvalue weighted by Gasteiger charge is 2.18. The second kappa shape index (κ2) is 5.04. The maximum atomic E-state index is 11.7. The van der Waals surface area contributed by atoms with Crippen molar-refractivity contribution in [3.05, 3.63) is 39.7 Å². The molecule has 0 spiro atoms. The van der Waals surface area contributed by atoms with Crippen LogP contribution in [-0.4, -0.2) is 19.2 Å². The lowest BCUT2D eigenvalue weighted by atomic mass is 10.1. The number of nitrogens with two attached hydrogens (primary N) is 1. The Balaban J connectivity index is 2.77. The summed E-state index contributed by atoms with van der Waals surface area (Å²) >= 11 is 0. The first-order valence-corrected chi connectivity index (χ1v) is 5.56. The van der Waals surface area contributed by atoms with Crippen molar-refractivity contribution in [1.29, 1.82) is 0 Å². The molecule has 20 heavy (non-hydrogen) atoms. The highest BCUT2D eigenvalue weighted by Crippen LogP contribution is 2.27. The van der Waals surface area contributed by atoms with Gasteiger partial charge in [0.2, 0.25) is 0 Å². The minimum absolute atomic E-state index is 0.00995. The van der Waals surface area contributed by atoms with Crippen LogP contribution in [-0.2, 0) is 4.74 Å². The van der Waals surface area contributed by atoms with E-state index in [9.17, 15) is 14.4 Å². The van der Waals surface area contributed by atoms with Gasteiger partial charge in [-0.25, -0.2) is 14.4 Å². The molecule has 2 aromatic rings. The van der Waals surface area contributed by atoms with Gasteiger partial charge >= 0.3 is 17.7 Å². The number of primary amides is 1. The van der Waals surface area contributed by atoms with Gasteiger partial charge in [-0.05, 0) is 18.6 Å². The van der Waals surface area contributed by atoms with Crippen LogP contribution in [0.25, 0.3) is 11.0 Å². The van der Waals surface area contributed by atoms with E-state index in [0.717, 1.165) is 0 Å². The zero-order chi connectivity index (χ0) is 14.9. The van der Waals surface area contributed by atoms with Crippen molar-refractivity contribution in [1.82, 2.24) is 0 Å². The number of hydrogen-bond acceptors (Lipinski definition) is 6. The molecule has 0 atom stereocenters. The zero-order valence-corrected chi connectivity index (χ0v) is 10.8. The molecule has 1 heterocycles. The van der Waals surface area contributed by atoms with Crippen LogP contribution in [0.1, 0.15) is 15.9 Å². The number of fused-ring (bicyclic) bond motifs is 1. The van der Waals surface area contributed by atoms with Crippen molar-refractivity contribution in [2.75, 3.05) is 7.11 Å². The van der Waals surface area contributed by atoms with Crippen molar-refractivity contribution in [3.63, 3.8) is 0 Å². The van der Waals surface area contributed by atoms with E-state index in [0.29, 0.717) is 10.9 Å². The monoisotopic (exact) mass is 277 g/mol. The highest BCUT2D eigenvalue weighted by molar-refractivity contribution is 5.98. The van der Waals surface area contributed by atoms with Crippen LogP contribution in [0.5, 0.6) is 5.75 Å². The Hall–Kier alpha value is -2.83. The number of esters is 1. The molecule has 104 valence electrons. The third-order valence-corrected chi connectivity index (χ3v) is 2.67. The quantitative estimate of drug-likeness (QED) is 0.655. The maximum Gasteiger partial charge on any atom is 0.409 e. The number of amides is 1. The summed E-state index contributed by atoms with van der Waals surface area (Å²) in [5.41, 5.74) is 5.19. The summed E-state index contributed by atoms with van der Waals surface area (Å²) in [5, 5.41) is 0.529. The number of ether oxygens (including phenoxy) is 2. The molecule has 7 heteroatoms. The second-order valence-corrected chi connectivity index (χ2v) is 4.01. The van der Waals surface area contributed by atoms with E-state index in [-0.39, 0.29) is 16.9 Å². The van der Waals surface area contributed by atoms with Crippen molar-refractivity contribution >= 4 is 23.0 Å². The highest BCUT2D eigenvalue weighted by atomic mass is 16.6. The molecule has 0 bridgehead atoms. The van der Waals surface area contributed by atoms with Crippen molar-refractivity contribution in [2.24, 2.45) is 5.73 Å². The number of hydrogen-bond donors (Lipinski definition) is 1. The van der Waals surface area contributed by atoms with Crippen LogP contribution in [0.15, 0.2) is 27.4 Å². The summed E-state index contributed by atoms with van der Waals surface area (Å²) in [7, 11) is 1.19. The molecule has 0 aliphatic rings. The summed E-state index contributed by atoms with van der Waals surface area (Å²) < 4.78 is 14.3. The maximum absolute atomic E-state index is 11.7. The Morgan fingerprint density at radius 2 is 1.95 bits per heavy atom. The summed E-state index contributed by atoms with van der Waals surface area (Å²) in [6, 6.07) is 3.95. The molecule has 0 aliphatic heterocycles. The van der Waals surface area contributed by atoms with Crippen LogP contribution < -0.4 is 16.1 Å². The van der Waals surface area contributed by atoms with Gasteiger partial charge in [-0.1, -0.05) is 0 Å². The van der Waals surface area contributed by atoms with Crippen LogP contribution in [0.2, 0.25) is 0 Å². The molecule has 1 aromatic heterocycles. The normalized spacial score (nSPS) is 10.3. The first kappa shape index (κ1) is 13.6. The zero-order valence-electron chi connectivity index (χ0n) is 10.8. The molecule has 0 saturated carbocycles. The lowest BCUT2D eigenvalue weighted by molar-refractivity contribution is 0.0598. The van der Waals surface area contributed by atoms with Gasteiger partial charge in [-0.2, -0.15) is 0 Å². The molecule has 2 N–H and O–H groups in total. The Bertz CT molecular complexity index is 761. The van der Waals surface area contributed by atoms with E-state index in [2.05, 4.69) is 4.74 Å². The fourth-order valence-electron chi connectivity index (χ4n) is 1.81. The number of benzene rings is 1. The van der Waals surface area contributed by atoms with Gasteiger partial charge in [0, 0.05) is 17.5 Å². The minimum Gasteiger partial charge on any atom is -0.465 e. The Morgan fingerprint density at radius 1 is 1.25 bits per heavy atom. The Labute approximate surface area is 112 Å². The fraction of sp³-hybridized carbons (Fsp3) is 0.154. The van der Waals surface area contributed by atoms with E-state index < -0.39 is 17.7 Å². The van der Waals surface area contributed by atoms with Gasteiger partial charge in [-0.3, -0.25) is 0 Å². The van der Waals surface area contributed by atoms with E-state index in [1.165, 1.54) is 25.3 Å². The van der Waals surface area contributed by atoms with E-state index in [1.54, 1.807) is 6.92 Å². The van der Waals surface area contributed by atoms with Gasteiger partial charge in [-0.15, -0.1) is 0 Å². The van der Waals surface area contributed by atoms with E-state index in [1.807, 2.05) is 0 Å². The third kappa shape index (κ3) is 2.46. The molecule has 0 saturated heterocycles. The second-order valence-electron chi connectivity index (χ2n) is 4.01. The average Bonchev–Trinajstić information content (AvgIpc) is 2.36. The number of aryl methyl sites for hydroxylation is 1. The molecule has 1 aromatic carbocycles. The van der Waals surface area contributed by atoms with Gasteiger partial charge in [0.15, 0.2) is 5.75 Å². The molecule has 2 rings (SSSR count). The lowest BCUT2D eigenvalue weighted by Gasteiger charge is -2.09. The van der Waals surface area contributed by atoms with Crippen LogP contribution in [0.4, 0.5) is 4.79 Å². The largest absolute Gasteiger partial charge is 0.465 e. The molecular weight excluding hydrogens is 266 g/mol. The number of carbonyl (C=O) groups excluding carboxylic acids is 2. The smallest absolute Gasteiger partial charge is 0.409 e. The number of carbonyl (C=O) groups is 2. The van der Waals surface area contributed by atoms with Gasteiger partial charge in [0.1, 0.15) is 11.1 Å². The first-order valence-electron chi connectivity index (χ1n) is 5.56. The van der Waals surface area contributed by atoms with Crippen molar-refractivity contribution in [2.45, 2.75) is 6.92 Å². The Morgan fingerprint density at radius 3 is 2.55 bits per heavy atom. The average molecular weight is 277 g/mol. The molecule has 0 radical (unpaired) electrons. The molecule has 1 amide bonds. The molecule has 7 nitrogen and oxygen atoms in total. The number of methoxy groups -OCH3 is 1. The predicted octanol–water partition coefficient (Wildman–Crippen LogP) is 1.35. The van der Waals surface area contributed by atoms with Crippen LogP contribution in [0.3, 0.4) is 0 Å². The van der Waals surface area contributed by atoms with Gasteiger partial charge in [0.05, 0.1) is 7.11 Å². The van der Waals surface area contributed by atoms with Crippen molar-refractivity contribution < 1.29 is 23.5 Å².